The number of hydrogen-bond donors (Lipinski definition) is 2. The highest BCUT2D eigenvalue weighted by Gasteiger charge is 2.08. The maximum Gasteiger partial charge on any atom is 0.258 e. The number of carbonyl (C=O) groups excluding carboxylic acids is 1. The van der Waals surface area contributed by atoms with Crippen molar-refractivity contribution >= 4 is 40.2 Å². The lowest BCUT2D eigenvalue weighted by atomic mass is 10.2. The van der Waals surface area contributed by atoms with Crippen LogP contribution in [0.4, 0.5) is 0 Å². The molecule has 7 heteroatoms. The molecular weight excluding hydrogens is 358 g/mol. The Morgan fingerprint density at radius 1 is 1.16 bits per heavy atom. The van der Waals surface area contributed by atoms with Crippen molar-refractivity contribution < 1.29 is 4.79 Å². The summed E-state index contributed by atoms with van der Waals surface area (Å²) >= 11 is 7.58. The van der Waals surface area contributed by atoms with Crippen LogP contribution in [0.1, 0.15) is 16.2 Å². The molecule has 0 spiro atoms. The van der Waals surface area contributed by atoms with Crippen molar-refractivity contribution in [3.05, 3.63) is 75.3 Å². The first-order valence-corrected chi connectivity index (χ1v) is 9.27. The minimum Gasteiger partial charge on any atom is -0.351 e. The molecule has 0 aliphatic carbocycles. The predicted octanol–water partition coefficient (Wildman–Crippen LogP) is 3.24. The van der Waals surface area contributed by atoms with Crippen molar-refractivity contribution in [2.24, 2.45) is 0 Å². The minimum atomic E-state index is -0.191. The number of benzene rings is 2. The zero-order chi connectivity index (χ0) is 17.6. The zero-order valence-electron chi connectivity index (χ0n) is 13.3. The molecule has 0 saturated carbocycles. The van der Waals surface area contributed by atoms with Crippen LogP contribution < -0.4 is 10.9 Å². The number of amides is 1. The third-order valence-electron chi connectivity index (χ3n) is 3.55. The Balaban J connectivity index is 1.50. The summed E-state index contributed by atoms with van der Waals surface area (Å²) in [5.74, 6) is 1.71. The smallest absolute Gasteiger partial charge is 0.258 e. The summed E-state index contributed by atoms with van der Waals surface area (Å²) in [6.45, 7) is 0.506. The molecule has 0 atom stereocenters. The van der Waals surface area contributed by atoms with E-state index in [-0.39, 0.29) is 11.5 Å². The lowest BCUT2D eigenvalue weighted by molar-refractivity contribution is 0.0956. The summed E-state index contributed by atoms with van der Waals surface area (Å²) in [5, 5.41) is 3.85. The summed E-state index contributed by atoms with van der Waals surface area (Å²) in [6, 6.07) is 14.2. The SMILES string of the molecule is O=C(NCCSCc1nc2ccccc2c(=O)[nH]1)c1ccccc1Cl. The van der Waals surface area contributed by atoms with E-state index >= 15 is 0 Å². The van der Waals surface area contributed by atoms with Crippen LogP contribution in [0.25, 0.3) is 10.9 Å². The van der Waals surface area contributed by atoms with Crippen LogP contribution in [-0.4, -0.2) is 28.2 Å². The number of aromatic amines is 1. The third kappa shape index (κ3) is 4.41. The Morgan fingerprint density at radius 3 is 2.76 bits per heavy atom. The van der Waals surface area contributed by atoms with Crippen molar-refractivity contribution in [1.29, 1.82) is 0 Å². The monoisotopic (exact) mass is 373 g/mol. The van der Waals surface area contributed by atoms with Crippen LogP contribution in [-0.2, 0) is 5.75 Å². The fraction of sp³-hybridized carbons (Fsp3) is 0.167. The molecule has 0 aliphatic rings. The number of hydrogen-bond acceptors (Lipinski definition) is 4. The van der Waals surface area contributed by atoms with Crippen LogP contribution in [0.3, 0.4) is 0 Å². The highest BCUT2D eigenvalue weighted by Crippen LogP contribution is 2.15. The average Bonchev–Trinajstić information content (AvgIpc) is 2.62. The van der Waals surface area contributed by atoms with Gasteiger partial charge in [0.1, 0.15) is 5.82 Å². The van der Waals surface area contributed by atoms with Gasteiger partial charge in [-0.05, 0) is 24.3 Å². The topological polar surface area (TPSA) is 74.8 Å². The molecule has 2 aromatic carbocycles. The van der Waals surface area contributed by atoms with Gasteiger partial charge in [0.25, 0.3) is 11.5 Å². The van der Waals surface area contributed by atoms with Gasteiger partial charge in [0.15, 0.2) is 0 Å². The summed E-state index contributed by atoms with van der Waals surface area (Å²) in [5.41, 5.74) is 1.02. The number of aromatic nitrogens is 2. The standard InChI is InChI=1S/C18H16ClN3O2S/c19-14-7-3-1-5-12(14)17(23)20-9-10-25-11-16-21-15-8-4-2-6-13(15)18(24)22-16/h1-8H,9-11H2,(H,20,23)(H,21,22,24). The fourth-order valence-corrected chi connectivity index (χ4v) is 3.29. The number of nitrogens with one attached hydrogen (secondary N) is 2. The molecule has 1 heterocycles. The Morgan fingerprint density at radius 2 is 1.92 bits per heavy atom. The molecule has 5 nitrogen and oxygen atoms in total. The van der Waals surface area contributed by atoms with Gasteiger partial charge in [-0.15, -0.1) is 0 Å². The third-order valence-corrected chi connectivity index (χ3v) is 4.85. The second-order valence-electron chi connectivity index (χ2n) is 5.32. The van der Waals surface area contributed by atoms with Gasteiger partial charge in [-0.25, -0.2) is 4.98 Å². The second kappa shape index (κ2) is 8.18. The quantitative estimate of drug-likeness (QED) is 0.650. The number of rotatable bonds is 6. The van der Waals surface area contributed by atoms with Crippen molar-refractivity contribution in [2.75, 3.05) is 12.3 Å². The number of fused-ring (bicyclic) bond motifs is 1. The average molecular weight is 374 g/mol. The van der Waals surface area contributed by atoms with Crippen molar-refractivity contribution in [2.45, 2.75) is 5.75 Å². The first-order valence-electron chi connectivity index (χ1n) is 7.73. The zero-order valence-corrected chi connectivity index (χ0v) is 14.9. The summed E-state index contributed by atoms with van der Waals surface area (Å²) in [7, 11) is 0. The van der Waals surface area contributed by atoms with Gasteiger partial charge in [-0.2, -0.15) is 11.8 Å². The van der Waals surface area contributed by atoms with Crippen molar-refractivity contribution in [3.63, 3.8) is 0 Å². The van der Waals surface area contributed by atoms with E-state index in [9.17, 15) is 9.59 Å². The molecule has 3 aromatic rings. The van der Waals surface area contributed by atoms with E-state index in [0.717, 1.165) is 0 Å². The lowest BCUT2D eigenvalue weighted by Crippen LogP contribution is -2.26. The number of para-hydroxylation sites is 1. The van der Waals surface area contributed by atoms with E-state index in [1.54, 1.807) is 42.1 Å². The van der Waals surface area contributed by atoms with Crippen molar-refractivity contribution in [3.8, 4) is 0 Å². The van der Waals surface area contributed by atoms with E-state index in [1.165, 1.54) is 0 Å². The lowest BCUT2D eigenvalue weighted by Gasteiger charge is -2.07. The molecule has 128 valence electrons. The second-order valence-corrected chi connectivity index (χ2v) is 6.83. The molecule has 0 aliphatic heterocycles. The minimum absolute atomic E-state index is 0.131. The highest BCUT2D eigenvalue weighted by atomic mass is 35.5. The van der Waals surface area contributed by atoms with Crippen LogP contribution in [0.2, 0.25) is 5.02 Å². The summed E-state index contributed by atoms with van der Waals surface area (Å²) < 4.78 is 0. The molecule has 1 aromatic heterocycles. The number of H-pyrrole nitrogens is 1. The van der Waals surface area contributed by atoms with E-state index in [4.69, 9.17) is 11.6 Å². The van der Waals surface area contributed by atoms with Crippen LogP contribution >= 0.6 is 23.4 Å². The summed E-state index contributed by atoms with van der Waals surface area (Å²) in [4.78, 5) is 31.3. The van der Waals surface area contributed by atoms with E-state index in [0.29, 0.717) is 45.4 Å². The largest absolute Gasteiger partial charge is 0.351 e. The molecule has 0 saturated heterocycles. The first-order chi connectivity index (χ1) is 12.1. The normalized spacial score (nSPS) is 10.8. The maximum absolute atomic E-state index is 12.0. The first kappa shape index (κ1) is 17.5. The molecule has 3 rings (SSSR count). The number of nitrogens with zero attached hydrogens (tertiary/aromatic N) is 1. The van der Waals surface area contributed by atoms with E-state index in [1.807, 2.05) is 18.2 Å². The molecule has 0 unspecified atom stereocenters. The Kier molecular flexibility index (Phi) is 5.73. The maximum atomic E-state index is 12.0. The van der Waals surface area contributed by atoms with Gasteiger partial charge < -0.3 is 10.3 Å². The van der Waals surface area contributed by atoms with Gasteiger partial charge in [0.05, 0.1) is 27.2 Å². The number of carbonyl (C=O) groups is 1. The molecule has 1 amide bonds. The Hall–Kier alpha value is -2.31. The van der Waals surface area contributed by atoms with Crippen LogP contribution in [0, 0.1) is 0 Å². The molecule has 25 heavy (non-hydrogen) atoms. The predicted molar refractivity (Wildman–Crippen MR) is 102 cm³/mol. The fourth-order valence-electron chi connectivity index (χ4n) is 2.35. The summed E-state index contributed by atoms with van der Waals surface area (Å²) in [6.07, 6.45) is 0. The van der Waals surface area contributed by atoms with E-state index in [2.05, 4.69) is 15.3 Å². The van der Waals surface area contributed by atoms with Gasteiger partial charge in [-0.3, -0.25) is 9.59 Å². The van der Waals surface area contributed by atoms with Crippen LogP contribution in [0.15, 0.2) is 53.3 Å². The molecule has 2 N–H and O–H groups in total. The molecule has 0 radical (unpaired) electrons. The Bertz CT molecular complexity index is 958. The van der Waals surface area contributed by atoms with Gasteiger partial charge in [-0.1, -0.05) is 35.9 Å². The number of thioether (sulfide) groups is 1. The molecular formula is C18H16ClN3O2S. The number of halogens is 1. The van der Waals surface area contributed by atoms with Gasteiger partial charge >= 0.3 is 0 Å². The Labute approximate surface area is 153 Å². The van der Waals surface area contributed by atoms with Gasteiger partial charge in [0.2, 0.25) is 0 Å². The molecule has 0 bridgehead atoms. The van der Waals surface area contributed by atoms with Gasteiger partial charge in [0, 0.05) is 12.3 Å². The highest BCUT2D eigenvalue weighted by molar-refractivity contribution is 7.98. The molecule has 0 fully saturated rings. The van der Waals surface area contributed by atoms with Crippen molar-refractivity contribution in [1.82, 2.24) is 15.3 Å². The van der Waals surface area contributed by atoms with E-state index < -0.39 is 0 Å². The van der Waals surface area contributed by atoms with Crippen LogP contribution in [0.5, 0.6) is 0 Å².